The molecule has 0 saturated heterocycles. The summed E-state index contributed by atoms with van der Waals surface area (Å²) in [7, 11) is 0. The average Bonchev–Trinajstić information content (AvgIpc) is 3.01. The third-order valence-electron chi connectivity index (χ3n) is 5.20. The molecule has 0 atom stereocenters. The van der Waals surface area contributed by atoms with Gasteiger partial charge in [-0.3, -0.25) is 9.58 Å². The van der Waals surface area contributed by atoms with E-state index in [9.17, 15) is 0 Å². The highest BCUT2D eigenvalue weighted by Gasteiger charge is 2.37. The quantitative estimate of drug-likeness (QED) is 0.833. The summed E-state index contributed by atoms with van der Waals surface area (Å²) in [6.07, 6.45) is 10.4. The summed E-state index contributed by atoms with van der Waals surface area (Å²) in [4.78, 5) is 2.60. The molecule has 1 aromatic heterocycles. The van der Waals surface area contributed by atoms with Crippen molar-refractivity contribution in [3.63, 3.8) is 0 Å². The van der Waals surface area contributed by atoms with Gasteiger partial charge in [0, 0.05) is 31.0 Å². The van der Waals surface area contributed by atoms with Gasteiger partial charge in [0.2, 0.25) is 0 Å². The van der Waals surface area contributed by atoms with Crippen LogP contribution in [-0.2, 0) is 6.54 Å². The Morgan fingerprint density at radius 3 is 2.60 bits per heavy atom. The molecule has 0 unspecified atom stereocenters. The van der Waals surface area contributed by atoms with Gasteiger partial charge in [-0.1, -0.05) is 20.3 Å². The zero-order valence-corrected chi connectivity index (χ0v) is 13.1. The van der Waals surface area contributed by atoms with Gasteiger partial charge in [0.05, 0.1) is 6.54 Å². The first-order valence-corrected chi connectivity index (χ1v) is 8.16. The Kier molecular flexibility index (Phi) is 5.61. The Morgan fingerprint density at radius 2 is 2.10 bits per heavy atom. The maximum Gasteiger partial charge on any atom is 0.0536 e. The molecule has 1 aliphatic rings. The highest BCUT2D eigenvalue weighted by atomic mass is 15.3. The number of hydrogen-bond donors (Lipinski definition) is 1. The molecule has 1 aromatic rings. The summed E-state index contributed by atoms with van der Waals surface area (Å²) in [5, 5.41) is 4.30. The van der Waals surface area contributed by atoms with Gasteiger partial charge in [-0.15, -0.1) is 0 Å². The molecule has 1 saturated carbocycles. The van der Waals surface area contributed by atoms with E-state index in [4.69, 9.17) is 5.73 Å². The summed E-state index contributed by atoms with van der Waals surface area (Å²) in [6, 6.07) is 1.99. The molecule has 1 heterocycles. The van der Waals surface area contributed by atoms with Crippen molar-refractivity contribution in [3.05, 3.63) is 18.5 Å². The van der Waals surface area contributed by atoms with Gasteiger partial charge >= 0.3 is 0 Å². The normalized spacial score (nSPS) is 27.1. The molecule has 2 N–H and O–H groups in total. The van der Waals surface area contributed by atoms with Gasteiger partial charge in [0.25, 0.3) is 0 Å². The second-order valence-electron chi connectivity index (χ2n) is 6.13. The minimum atomic E-state index is 0.230. The van der Waals surface area contributed by atoms with Crippen molar-refractivity contribution in [2.24, 2.45) is 11.7 Å². The third-order valence-corrected chi connectivity index (χ3v) is 5.20. The van der Waals surface area contributed by atoms with Crippen LogP contribution in [0.1, 0.15) is 46.0 Å². The molecule has 4 nitrogen and oxygen atoms in total. The maximum absolute atomic E-state index is 6.19. The first-order valence-electron chi connectivity index (χ1n) is 8.16. The van der Waals surface area contributed by atoms with Crippen LogP contribution in [0.3, 0.4) is 0 Å². The largest absolute Gasteiger partial charge is 0.329 e. The molecule has 4 heteroatoms. The highest BCUT2D eigenvalue weighted by Crippen LogP contribution is 2.37. The minimum Gasteiger partial charge on any atom is -0.329 e. The van der Waals surface area contributed by atoms with Crippen LogP contribution in [0.25, 0.3) is 0 Å². The topological polar surface area (TPSA) is 47.1 Å². The molecule has 0 aliphatic heterocycles. The second kappa shape index (κ2) is 7.23. The SMILES string of the molecule is CCC1CCC(CN)(N(CC)CCn2cccn2)CC1. The molecule has 0 aromatic carbocycles. The lowest BCUT2D eigenvalue weighted by molar-refractivity contribution is 0.0423. The summed E-state index contributed by atoms with van der Waals surface area (Å²) in [5.74, 6) is 0.916. The number of nitrogens with two attached hydrogens (primary N) is 1. The molecular formula is C16H30N4. The first kappa shape index (κ1) is 15.5. The van der Waals surface area contributed by atoms with Crippen LogP contribution in [0.2, 0.25) is 0 Å². The van der Waals surface area contributed by atoms with Gasteiger partial charge in [-0.2, -0.15) is 5.10 Å². The monoisotopic (exact) mass is 278 g/mol. The Labute approximate surface area is 123 Å². The van der Waals surface area contributed by atoms with E-state index in [0.717, 1.165) is 32.1 Å². The first-order chi connectivity index (χ1) is 9.74. The molecule has 0 radical (unpaired) electrons. The predicted molar refractivity (Wildman–Crippen MR) is 83.5 cm³/mol. The number of rotatable bonds is 7. The van der Waals surface area contributed by atoms with Gasteiger partial charge in [-0.25, -0.2) is 0 Å². The van der Waals surface area contributed by atoms with Crippen LogP contribution in [0, 0.1) is 5.92 Å². The highest BCUT2D eigenvalue weighted by molar-refractivity contribution is 4.95. The average molecular weight is 278 g/mol. The van der Waals surface area contributed by atoms with Crippen LogP contribution in [0.5, 0.6) is 0 Å². The van der Waals surface area contributed by atoms with Crippen LogP contribution >= 0.6 is 0 Å². The van der Waals surface area contributed by atoms with Crippen molar-refractivity contribution in [1.29, 1.82) is 0 Å². The van der Waals surface area contributed by atoms with Gasteiger partial charge in [0.1, 0.15) is 0 Å². The zero-order chi connectivity index (χ0) is 14.4. The molecule has 0 amide bonds. The lowest BCUT2D eigenvalue weighted by Gasteiger charge is -2.47. The molecule has 1 fully saturated rings. The van der Waals surface area contributed by atoms with E-state index in [1.54, 1.807) is 0 Å². The fourth-order valence-corrected chi connectivity index (χ4v) is 3.66. The van der Waals surface area contributed by atoms with E-state index in [2.05, 4.69) is 23.8 Å². The van der Waals surface area contributed by atoms with E-state index in [-0.39, 0.29) is 5.54 Å². The van der Waals surface area contributed by atoms with Gasteiger partial charge in [-0.05, 0) is 44.2 Å². The van der Waals surface area contributed by atoms with Crippen molar-refractivity contribution in [2.45, 2.75) is 58.0 Å². The Hall–Kier alpha value is -0.870. The van der Waals surface area contributed by atoms with Crippen LogP contribution < -0.4 is 5.73 Å². The minimum absolute atomic E-state index is 0.230. The Morgan fingerprint density at radius 1 is 1.35 bits per heavy atom. The number of nitrogens with zero attached hydrogens (tertiary/aromatic N) is 3. The third kappa shape index (κ3) is 3.41. The van der Waals surface area contributed by atoms with E-state index < -0.39 is 0 Å². The Bertz CT molecular complexity index is 366. The summed E-state index contributed by atoms with van der Waals surface area (Å²) in [6.45, 7) is 8.44. The molecule has 0 spiro atoms. The predicted octanol–water partition coefficient (Wildman–Crippen LogP) is 2.50. The molecule has 114 valence electrons. The number of likely N-dealkylation sites (N-methyl/N-ethyl adjacent to an activating group) is 1. The molecule has 20 heavy (non-hydrogen) atoms. The molecule has 0 bridgehead atoms. The fraction of sp³-hybridized carbons (Fsp3) is 0.812. The second-order valence-corrected chi connectivity index (χ2v) is 6.13. The van der Waals surface area contributed by atoms with E-state index >= 15 is 0 Å². The summed E-state index contributed by atoms with van der Waals surface area (Å²) in [5.41, 5.74) is 6.42. The van der Waals surface area contributed by atoms with Crippen LogP contribution in [0.15, 0.2) is 18.5 Å². The van der Waals surface area contributed by atoms with E-state index in [1.165, 1.54) is 32.1 Å². The fourth-order valence-electron chi connectivity index (χ4n) is 3.66. The summed E-state index contributed by atoms with van der Waals surface area (Å²) < 4.78 is 2.02. The molecule has 1 aliphatic carbocycles. The maximum atomic E-state index is 6.19. The van der Waals surface area contributed by atoms with E-state index in [0.29, 0.717) is 0 Å². The number of aromatic nitrogens is 2. The zero-order valence-electron chi connectivity index (χ0n) is 13.1. The number of hydrogen-bond acceptors (Lipinski definition) is 3. The van der Waals surface area contributed by atoms with Crippen LogP contribution in [0.4, 0.5) is 0 Å². The van der Waals surface area contributed by atoms with Crippen molar-refractivity contribution in [2.75, 3.05) is 19.6 Å². The van der Waals surface area contributed by atoms with Crippen molar-refractivity contribution < 1.29 is 0 Å². The van der Waals surface area contributed by atoms with Crippen LogP contribution in [-0.4, -0.2) is 39.9 Å². The molecule has 2 rings (SSSR count). The molecular weight excluding hydrogens is 248 g/mol. The standard InChI is InChI=1S/C16H30N4/c1-3-15-6-8-16(14-17,9-7-15)19(4-2)12-13-20-11-5-10-18-20/h5,10-11,15H,3-4,6-9,12-14,17H2,1-2H3. The summed E-state index contributed by atoms with van der Waals surface area (Å²) >= 11 is 0. The van der Waals surface area contributed by atoms with Crippen molar-refractivity contribution in [3.8, 4) is 0 Å². The van der Waals surface area contributed by atoms with Crippen molar-refractivity contribution >= 4 is 0 Å². The lowest BCUT2D eigenvalue weighted by Crippen LogP contribution is -2.56. The van der Waals surface area contributed by atoms with E-state index in [1.807, 2.05) is 23.1 Å². The van der Waals surface area contributed by atoms with Gasteiger partial charge in [0.15, 0.2) is 0 Å². The van der Waals surface area contributed by atoms with Crippen molar-refractivity contribution in [1.82, 2.24) is 14.7 Å². The lowest BCUT2D eigenvalue weighted by atomic mass is 9.74. The Balaban J connectivity index is 1.96. The van der Waals surface area contributed by atoms with Gasteiger partial charge < -0.3 is 5.73 Å². The smallest absolute Gasteiger partial charge is 0.0536 e.